The third-order valence-electron chi connectivity index (χ3n) is 4.80. The molecule has 22 heavy (non-hydrogen) atoms. The topological polar surface area (TPSA) is 92.7 Å². The van der Waals surface area contributed by atoms with Crippen LogP contribution in [0.4, 0.5) is 5.69 Å². The van der Waals surface area contributed by atoms with Crippen LogP contribution in [0.15, 0.2) is 11.4 Å². The second-order valence-electron chi connectivity index (χ2n) is 5.87. The monoisotopic (exact) mass is 323 g/mol. The molecule has 118 valence electrons. The van der Waals surface area contributed by atoms with E-state index >= 15 is 0 Å². The van der Waals surface area contributed by atoms with Crippen LogP contribution >= 0.6 is 11.3 Å². The van der Waals surface area contributed by atoms with Gasteiger partial charge in [-0.1, -0.05) is 0 Å². The number of ether oxygens (including phenoxy) is 1. The van der Waals surface area contributed by atoms with Gasteiger partial charge in [-0.25, -0.2) is 4.79 Å². The number of nitrogens with one attached hydrogen (secondary N) is 1. The summed E-state index contributed by atoms with van der Waals surface area (Å²) in [6, 6.07) is 1.64. The first kappa shape index (κ1) is 15.0. The first-order valence-electron chi connectivity index (χ1n) is 7.22. The largest absolute Gasteiger partial charge is 0.481 e. The number of hydrogen-bond donors (Lipinski definition) is 2. The van der Waals surface area contributed by atoms with Crippen molar-refractivity contribution in [2.75, 3.05) is 12.4 Å². The molecule has 2 fully saturated rings. The fraction of sp³-hybridized carbons (Fsp3) is 0.533. The number of thiophene rings is 1. The Hall–Kier alpha value is -1.89. The van der Waals surface area contributed by atoms with Gasteiger partial charge in [0.2, 0.25) is 5.91 Å². The van der Waals surface area contributed by atoms with Gasteiger partial charge in [0.05, 0.1) is 24.6 Å². The van der Waals surface area contributed by atoms with Crippen LogP contribution in [-0.4, -0.2) is 30.1 Å². The summed E-state index contributed by atoms with van der Waals surface area (Å²) in [4.78, 5) is 36.0. The van der Waals surface area contributed by atoms with Crippen LogP contribution in [0, 0.1) is 23.7 Å². The molecule has 2 saturated carbocycles. The molecule has 2 aliphatic rings. The summed E-state index contributed by atoms with van der Waals surface area (Å²) in [5, 5.41) is 13.8. The Morgan fingerprint density at radius 2 is 1.95 bits per heavy atom. The van der Waals surface area contributed by atoms with E-state index in [0.29, 0.717) is 10.6 Å². The van der Waals surface area contributed by atoms with E-state index in [-0.39, 0.29) is 17.7 Å². The summed E-state index contributed by atoms with van der Waals surface area (Å²) in [5.41, 5.74) is 0.397. The number of amides is 1. The minimum Gasteiger partial charge on any atom is -0.481 e. The summed E-state index contributed by atoms with van der Waals surface area (Å²) >= 11 is 1.18. The Bertz CT molecular complexity index is 625. The third kappa shape index (κ3) is 2.39. The van der Waals surface area contributed by atoms with Crippen molar-refractivity contribution in [2.24, 2.45) is 23.7 Å². The van der Waals surface area contributed by atoms with Gasteiger partial charge in [-0.3, -0.25) is 9.59 Å². The zero-order chi connectivity index (χ0) is 15.9. The van der Waals surface area contributed by atoms with Crippen molar-refractivity contribution in [3.05, 3.63) is 16.3 Å². The highest BCUT2D eigenvalue weighted by Crippen LogP contribution is 2.52. The Labute approximate surface area is 131 Å². The molecule has 0 spiro atoms. The Balaban J connectivity index is 1.79. The lowest BCUT2D eigenvalue weighted by Crippen LogP contribution is -2.38. The summed E-state index contributed by atoms with van der Waals surface area (Å²) in [6.07, 6.45) is 2.60. The molecular formula is C15H17NO5S. The van der Waals surface area contributed by atoms with Gasteiger partial charge in [0.25, 0.3) is 0 Å². The number of carboxylic acids is 1. The van der Waals surface area contributed by atoms with Crippen molar-refractivity contribution >= 4 is 34.9 Å². The van der Waals surface area contributed by atoms with Crippen molar-refractivity contribution in [3.8, 4) is 0 Å². The fourth-order valence-corrected chi connectivity index (χ4v) is 4.66. The highest BCUT2D eigenvalue weighted by Gasteiger charge is 2.54. The standard InChI is InChI=1S/C15H17NO5S/c1-21-15(20)12-9(4-5-22-12)16-13(17)10-7-2-3-8(6-7)11(10)14(18)19/h4-5,7-8,10-11H,2-3,6H2,1H3,(H,16,17)(H,18,19)/t7-,8-,10+,11+/m0/s1. The van der Waals surface area contributed by atoms with Crippen molar-refractivity contribution in [1.29, 1.82) is 0 Å². The van der Waals surface area contributed by atoms with Crippen molar-refractivity contribution < 1.29 is 24.2 Å². The molecule has 2 aliphatic carbocycles. The molecule has 0 aromatic carbocycles. The van der Waals surface area contributed by atoms with Crippen LogP contribution in [-0.2, 0) is 14.3 Å². The molecule has 4 atom stereocenters. The summed E-state index contributed by atoms with van der Waals surface area (Å²) in [5.74, 6) is -2.60. The first-order valence-corrected chi connectivity index (χ1v) is 8.10. The molecule has 7 heteroatoms. The zero-order valence-corrected chi connectivity index (χ0v) is 12.9. The second-order valence-corrected chi connectivity index (χ2v) is 6.78. The number of methoxy groups -OCH3 is 1. The molecule has 3 rings (SSSR count). The quantitative estimate of drug-likeness (QED) is 0.829. The van der Waals surface area contributed by atoms with Crippen molar-refractivity contribution in [2.45, 2.75) is 19.3 Å². The molecule has 0 radical (unpaired) electrons. The number of carboxylic acid groups (broad SMARTS) is 1. The van der Waals surface area contributed by atoms with E-state index in [9.17, 15) is 19.5 Å². The average molecular weight is 323 g/mol. The molecule has 0 aliphatic heterocycles. The average Bonchev–Trinajstić information content (AvgIpc) is 3.20. The number of carbonyl (C=O) groups is 3. The minimum absolute atomic E-state index is 0.0980. The first-order chi connectivity index (χ1) is 10.5. The maximum Gasteiger partial charge on any atom is 0.350 e. The zero-order valence-electron chi connectivity index (χ0n) is 12.1. The van der Waals surface area contributed by atoms with E-state index in [1.807, 2.05) is 0 Å². The SMILES string of the molecule is COC(=O)c1sccc1NC(=O)[C@@H]1[C@H]2CC[C@@H](C2)[C@H]1C(=O)O. The lowest BCUT2D eigenvalue weighted by molar-refractivity contribution is -0.148. The van der Waals surface area contributed by atoms with Crippen LogP contribution in [0.5, 0.6) is 0 Å². The summed E-state index contributed by atoms with van der Waals surface area (Å²) < 4.78 is 4.68. The number of aliphatic carboxylic acids is 1. The van der Waals surface area contributed by atoms with Crippen LogP contribution in [0.2, 0.25) is 0 Å². The molecule has 2 bridgehead atoms. The minimum atomic E-state index is -0.897. The van der Waals surface area contributed by atoms with E-state index < -0.39 is 23.8 Å². The van der Waals surface area contributed by atoms with Crippen LogP contribution in [0.25, 0.3) is 0 Å². The predicted octanol–water partition coefficient (Wildman–Crippen LogP) is 2.22. The molecule has 6 nitrogen and oxygen atoms in total. The third-order valence-corrected chi connectivity index (χ3v) is 5.69. The van der Waals surface area contributed by atoms with E-state index in [1.54, 1.807) is 11.4 Å². The van der Waals surface area contributed by atoms with E-state index in [1.165, 1.54) is 18.4 Å². The van der Waals surface area contributed by atoms with E-state index in [2.05, 4.69) is 10.1 Å². The van der Waals surface area contributed by atoms with Crippen LogP contribution < -0.4 is 5.32 Å². The number of carbonyl (C=O) groups excluding carboxylic acids is 2. The molecular weight excluding hydrogens is 306 g/mol. The molecule has 1 aromatic heterocycles. The van der Waals surface area contributed by atoms with Gasteiger partial charge >= 0.3 is 11.9 Å². The van der Waals surface area contributed by atoms with Gasteiger partial charge in [-0.15, -0.1) is 11.3 Å². The summed E-state index contributed by atoms with van der Waals surface area (Å²) in [7, 11) is 1.28. The Morgan fingerprint density at radius 1 is 1.27 bits per heavy atom. The lowest BCUT2D eigenvalue weighted by atomic mass is 9.78. The number of rotatable bonds is 4. The highest BCUT2D eigenvalue weighted by atomic mass is 32.1. The second kappa shape index (κ2) is 5.72. The molecule has 1 aromatic rings. The van der Waals surface area contributed by atoms with E-state index in [4.69, 9.17) is 0 Å². The molecule has 1 amide bonds. The van der Waals surface area contributed by atoms with Crippen LogP contribution in [0.3, 0.4) is 0 Å². The van der Waals surface area contributed by atoms with Crippen LogP contribution in [0.1, 0.15) is 28.9 Å². The van der Waals surface area contributed by atoms with Gasteiger partial charge in [0.1, 0.15) is 4.88 Å². The summed E-state index contributed by atoms with van der Waals surface area (Å²) in [6.45, 7) is 0. The maximum absolute atomic E-state index is 12.6. The van der Waals surface area contributed by atoms with Gasteiger partial charge in [0, 0.05) is 0 Å². The molecule has 0 unspecified atom stereocenters. The van der Waals surface area contributed by atoms with Crippen molar-refractivity contribution in [3.63, 3.8) is 0 Å². The predicted molar refractivity (Wildman–Crippen MR) is 79.7 cm³/mol. The molecule has 0 saturated heterocycles. The molecule has 1 heterocycles. The highest BCUT2D eigenvalue weighted by molar-refractivity contribution is 7.12. The normalized spacial score (nSPS) is 29.3. The van der Waals surface area contributed by atoms with Gasteiger partial charge in [-0.2, -0.15) is 0 Å². The van der Waals surface area contributed by atoms with Gasteiger partial charge < -0.3 is 15.2 Å². The van der Waals surface area contributed by atoms with E-state index in [0.717, 1.165) is 19.3 Å². The van der Waals surface area contributed by atoms with Gasteiger partial charge in [0.15, 0.2) is 0 Å². The smallest absolute Gasteiger partial charge is 0.350 e. The lowest BCUT2D eigenvalue weighted by Gasteiger charge is -2.27. The number of hydrogen-bond acceptors (Lipinski definition) is 5. The van der Waals surface area contributed by atoms with Gasteiger partial charge in [-0.05, 0) is 42.5 Å². The number of esters is 1. The maximum atomic E-state index is 12.6. The Morgan fingerprint density at radius 3 is 2.59 bits per heavy atom. The fourth-order valence-electron chi connectivity index (χ4n) is 3.90. The van der Waals surface area contributed by atoms with Crippen molar-refractivity contribution in [1.82, 2.24) is 0 Å². The number of fused-ring (bicyclic) bond motifs is 2. The molecule has 2 N–H and O–H groups in total. The number of anilines is 1. The Kier molecular flexibility index (Phi) is 3.90.